The zero-order chi connectivity index (χ0) is 23.5. The first-order valence-corrected chi connectivity index (χ1v) is 12.9. The molecule has 0 radical (unpaired) electrons. The van der Waals surface area contributed by atoms with Gasteiger partial charge in [0.15, 0.2) is 5.78 Å². The van der Waals surface area contributed by atoms with Crippen molar-refractivity contribution < 1.29 is 29.0 Å². The van der Waals surface area contributed by atoms with Crippen molar-refractivity contribution in [1.82, 2.24) is 0 Å². The van der Waals surface area contributed by atoms with Crippen LogP contribution in [0.4, 0.5) is 0 Å². The summed E-state index contributed by atoms with van der Waals surface area (Å²) in [5.41, 5.74) is -0.192. The van der Waals surface area contributed by atoms with Crippen LogP contribution in [0.3, 0.4) is 0 Å². The maximum Gasteiger partial charge on any atom is 0.303 e. The molecule has 0 spiro atoms. The van der Waals surface area contributed by atoms with Crippen LogP contribution in [0.15, 0.2) is 0 Å². The summed E-state index contributed by atoms with van der Waals surface area (Å²) in [4.78, 5) is 35.7. The van der Waals surface area contributed by atoms with E-state index in [0.29, 0.717) is 30.6 Å². The molecule has 0 saturated heterocycles. The molecule has 0 heterocycles. The Bertz CT molecular complexity index is 799. The summed E-state index contributed by atoms with van der Waals surface area (Å²) in [6.45, 7) is 7.22. The third kappa shape index (κ3) is 3.66. The fraction of sp³-hybridized carbons (Fsp3) is 0.880. The van der Waals surface area contributed by atoms with Crippen molar-refractivity contribution in [2.75, 3.05) is 6.61 Å². The number of rotatable bonds is 4. The first-order chi connectivity index (χ1) is 14.9. The van der Waals surface area contributed by atoms with E-state index in [4.69, 9.17) is 9.47 Å². The van der Waals surface area contributed by atoms with Gasteiger partial charge in [-0.15, -0.1) is 0 Å². The molecule has 0 aromatic carbocycles. The monoisotopic (exact) mass is 512 g/mol. The van der Waals surface area contributed by atoms with Gasteiger partial charge in [-0.2, -0.15) is 0 Å². The number of carbonyl (C=O) groups excluding carboxylic acids is 3. The fourth-order valence-electron chi connectivity index (χ4n) is 8.33. The van der Waals surface area contributed by atoms with Gasteiger partial charge in [-0.1, -0.05) is 29.8 Å². The van der Waals surface area contributed by atoms with E-state index in [-0.39, 0.29) is 41.2 Å². The van der Waals surface area contributed by atoms with Crippen LogP contribution < -0.4 is 0 Å². The number of hydrogen-bond acceptors (Lipinski definition) is 6. The van der Waals surface area contributed by atoms with Crippen molar-refractivity contribution in [2.24, 2.45) is 34.5 Å². The molecule has 4 rings (SSSR count). The van der Waals surface area contributed by atoms with Crippen LogP contribution in [-0.2, 0) is 23.9 Å². The standard InChI is InChI=1S/C25H37BrO6/c1-14(27)31-13-21(29)20-6-5-18-17-11-22(30)25(26)12-16(32-15(2)28)7-10-24(25,4)19(17)8-9-23(18,20)3/h16-20,22,30H,5-13H2,1-4H3/t16-,17?,18?,19?,20?,22+,23-,24+,25-/m0/s1. The molecule has 4 fully saturated rings. The van der Waals surface area contributed by atoms with E-state index in [1.807, 2.05) is 0 Å². The largest absolute Gasteiger partial charge is 0.463 e. The lowest BCUT2D eigenvalue weighted by atomic mass is 9.44. The second kappa shape index (κ2) is 8.37. The molecule has 4 saturated carbocycles. The maximum absolute atomic E-state index is 12.9. The summed E-state index contributed by atoms with van der Waals surface area (Å²) in [5, 5.41) is 11.4. The van der Waals surface area contributed by atoms with Crippen molar-refractivity contribution in [3.63, 3.8) is 0 Å². The van der Waals surface area contributed by atoms with Gasteiger partial charge in [0, 0.05) is 26.2 Å². The molecular formula is C25H37BrO6. The Hall–Kier alpha value is -0.950. The van der Waals surface area contributed by atoms with Crippen LogP contribution in [0, 0.1) is 34.5 Å². The Labute approximate surface area is 199 Å². The molecule has 4 unspecified atom stereocenters. The van der Waals surface area contributed by atoms with Gasteiger partial charge in [-0.3, -0.25) is 14.4 Å². The minimum absolute atomic E-state index is 0.0444. The topological polar surface area (TPSA) is 89.9 Å². The molecule has 1 N–H and O–H groups in total. The molecule has 32 heavy (non-hydrogen) atoms. The number of esters is 2. The highest BCUT2D eigenvalue weighted by Crippen LogP contribution is 2.70. The highest BCUT2D eigenvalue weighted by Gasteiger charge is 2.67. The van der Waals surface area contributed by atoms with Gasteiger partial charge in [-0.25, -0.2) is 0 Å². The van der Waals surface area contributed by atoms with Crippen molar-refractivity contribution in [1.29, 1.82) is 0 Å². The minimum atomic E-state index is -0.523. The number of Topliss-reactive ketones (excluding diaryl/α,β-unsaturated/α-hetero) is 1. The third-order valence-electron chi connectivity index (χ3n) is 9.88. The number of ether oxygens (including phenoxy) is 2. The third-order valence-corrected chi connectivity index (χ3v) is 11.6. The van der Waals surface area contributed by atoms with Crippen LogP contribution in [0.5, 0.6) is 0 Å². The normalized spacial score (nSPS) is 47.6. The van der Waals surface area contributed by atoms with E-state index in [2.05, 4.69) is 29.8 Å². The summed E-state index contributed by atoms with van der Waals surface area (Å²) < 4.78 is 10.1. The van der Waals surface area contributed by atoms with Crippen LogP contribution >= 0.6 is 15.9 Å². The van der Waals surface area contributed by atoms with Crippen LogP contribution in [-0.4, -0.2) is 46.0 Å². The van der Waals surface area contributed by atoms with Crippen LogP contribution in [0.1, 0.15) is 79.1 Å². The van der Waals surface area contributed by atoms with Gasteiger partial charge in [0.2, 0.25) is 0 Å². The molecule has 4 aliphatic rings. The lowest BCUT2D eigenvalue weighted by molar-refractivity contribution is -0.170. The molecule has 4 aliphatic carbocycles. The molecule has 0 aliphatic heterocycles. The highest BCUT2D eigenvalue weighted by molar-refractivity contribution is 9.10. The number of hydrogen-bond donors (Lipinski definition) is 1. The molecule has 0 aromatic heterocycles. The molecule has 0 bridgehead atoms. The summed E-state index contributed by atoms with van der Waals surface area (Å²) in [6.07, 6.45) is 6.24. The van der Waals surface area contributed by atoms with E-state index in [1.54, 1.807) is 0 Å². The van der Waals surface area contributed by atoms with Gasteiger partial charge in [0.05, 0.1) is 10.4 Å². The SMILES string of the molecule is CC(=O)OCC(=O)C1CCC2C3C[C@@H](O)[C@@]4(Br)C[C@@H](OC(C)=O)CC[C@]4(C)C3CC[C@]12C. The highest BCUT2D eigenvalue weighted by atomic mass is 79.9. The van der Waals surface area contributed by atoms with E-state index in [9.17, 15) is 19.5 Å². The number of aliphatic hydroxyl groups is 1. The van der Waals surface area contributed by atoms with Crippen molar-refractivity contribution in [3.8, 4) is 0 Å². The first-order valence-electron chi connectivity index (χ1n) is 12.1. The number of carbonyl (C=O) groups is 3. The van der Waals surface area contributed by atoms with Gasteiger partial charge in [0.25, 0.3) is 0 Å². The molecule has 0 aromatic rings. The van der Waals surface area contributed by atoms with E-state index < -0.39 is 16.4 Å². The zero-order valence-corrected chi connectivity index (χ0v) is 21.3. The van der Waals surface area contributed by atoms with Gasteiger partial charge < -0.3 is 14.6 Å². The molecule has 9 atom stereocenters. The maximum atomic E-state index is 12.9. The minimum Gasteiger partial charge on any atom is -0.463 e. The van der Waals surface area contributed by atoms with Gasteiger partial charge in [0.1, 0.15) is 12.7 Å². The summed E-state index contributed by atoms with van der Waals surface area (Å²) in [6, 6.07) is 0. The Morgan fingerprint density at radius 2 is 1.72 bits per heavy atom. The average Bonchev–Trinajstić information content (AvgIpc) is 3.05. The second-order valence-corrected chi connectivity index (χ2v) is 12.7. The Kier molecular flexibility index (Phi) is 6.32. The molecule has 0 amide bonds. The van der Waals surface area contributed by atoms with Crippen LogP contribution in [0.2, 0.25) is 0 Å². The van der Waals surface area contributed by atoms with E-state index in [0.717, 1.165) is 38.5 Å². The van der Waals surface area contributed by atoms with Gasteiger partial charge >= 0.3 is 11.9 Å². The average molecular weight is 513 g/mol. The second-order valence-electron chi connectivity index (χ2n) is 11.3. The Balaban J connectivity index is 1.56. The predicted molar refractivity (Wildman–Crippen MR) is 122 cm³/mol. The number of ketones is 1. The fourth-order valence-corrected chi connectivity index (χ4v) is 9.38. The molecular weight excluding hydrogens is 476 g/mol. The van der Waals surface area contributed by atoms with Crippen LogP contribution in [0.25, 0.3) is 0 Å². The zero-order valence-electron chi connectivity index (χ0n) is 19.7. The number of alkyl halides is 1. The molecule has 7 heteroatoms. The van der Waals surface area contributed by atoms with E-state index >= 15 is 0 Å². The number of halogens is 1. The number of fused-ring (bicyclic) bond motifs is 5. The lowest BCUT2D eigenvalue weighted by Gasteiger charge is -2.65. The molecule has 180 valence electrons. The predicted octanol–water partition coefficient (Wildman–Crippen LogP) is 4.20. The van der Waals surface area contributed by atoms with Crippen molar-refractivity contribution in [2.45, 2.75) is 95.6 Å². The number of aliphatic hydroxyl groups excluding tert-OH is 1. The lowest BCUT2D eigenvalue weighted by Crippen LogP contribution is -2.66. The Morgan fingerprint density at radius 3 is 2.38 bits per heavy atom. The van der Waals surface area contributed by atoms with Gasteiger partial charge in [-0.05, 0) is 73.5 Å². The van der Waals surface area contributed by atoms with E-state index in [1.165, 1.54) is 13.8 Å². The quantitative estimate of drug-likeness (QED) is 0.448. The van der Waals surface area contributed by atoms with Crippen molar-refractivity contribution in [3.05, 3.63) is 0 Å². The Morgan fingerprint density at radius 1 is 1.00 bits per heavy atom. The summed E-state index contributed by atoms with van der Waals surface area (Å²) >= 11 is 4.00. The summed E-state index contributed by atoms with van der Waals surface area (Å²) in [5.74, 6) is 0.517. The summed E-state index contributed by atoms with van der Waals surface area (Å²) in [7, 11) is 0. The smallest absolute Gasteiger partial charge is 0.303 e. The molecule has 6 nitrogen and oxygen atoms in total. The first kappa shape index (κ1) is 24.2. The van der Waals surface area contributed by atoms with Crippen molar-refractivity contribution >= 4 is 33.7 Å².